The molecule has 18 heavy (non-hydrogen) atoms. The minimum atomic E-state index is -0.317. The Hall–Kier alpha value is -1.84. The van der Waals surface area contributed by atoms with E-state index in [0.717, 1.165) is 0 Å². The third-order valence-corrected chi connectivity index (χ3v) is 2.42. The second-order valence-corrected chi connectivity index (χ2v) is 4.19. The average molecular weight is 251 g/mol. The number of amides is 1. The van der Waals surface area contributed by atoms with E-state index in [-0.39, 0.29) is 17.6 Å². The van der Waals surface area contributed by atoms with Gasteiger partial charge in [-0.25, -0.2) is 4.39 Å². The lowest BCUT2D eigenvalue weighted by molar-refractivity contribution is -0.123. The van der Waals surface area contributed by atoms with Crippen molar-refractivity contribution >= 4 is 12.0 Å². The fraction of sp³-hybridized carbons (Fsp3) is 0.357. The van der Waals surface area contributed by atoms with Crippen molar-refractivity contribution in [2.45, 2.75) is 13.8 Å². The van der Waals surface area contributed by atoms with Gasteiger partial charge < -0.3 is 10.1 Å². The lowest BCUT2D eigenvalue weighted by Crippen LogP contribution is -2.27. The fourth-order valence-corrected chi connectivity index (χ4v) is 1.33. The third kappa shape index (κ3) is 4.20. The molecule has 0 unspecified atom stereocenters. The van der Waals surface area contributed by atoms with Gasteiger partial charge in [-0.05, 0) is 18.2 Å². The number of carbonyl (C=O) groups excluding carboxylic acids is 1. The molecule has 0 spiro atoms. The molecule has 0 atom stereocenters. The molecule has 1 rings (SSSR count). The molecule has 1 aromatic carbocycles. The van der Waals surface area contributed by atoms with E-state index in [1.165, 1.54) is 13.2 Å². The van der Waals surface area contributed by atoms with E-state index >= 15 is 0 Å². The summed E-state index contributed by atoms with van der Waals surface area (Å²) in [5.41, 5.74) is 0.438. The topological polar surface area (TPSA) is 38.3 Å². The highest BCUT2D eigenvalue weighted by Gasteiger charge is 2.04. The maximum atomic E-state index is 13.4. The van der Waals surface area contributed by atoms with Crippen molar-refractivity contribution in [3.05, 3.63) is 35.7 Å². The Balaban J connectivity index is 2.59. The molecule has 4 heteroatoms. The van der Waals surface area contributed by atoms with Gasteiger partial charge in [0.15, 0.2) is 0 Å². The quantitative estimate of drug-likeness (QED) is 0.873. The molecule has 0 bridgehead atoms. The monoisotopic (exact) mass is 251 g/mol. The van der Waals surface area contributed by atoms with Crippen molar-refractivity contribution in [2.75, 3.05) is 13.7 Å². The van der Waals surface area contributed by atoms with Crippen molar-refractivity contribution in [1.29, 1.82) is 0 Å². The number of benzene rings is 1. The molecule has 0 saturated carbocycles. The number of nitrogens with one attached hydrogen (secondary N) is 1. The zero-order chi connectivity index (χ0) is 13.5. The van der Waals surface area contributed by atoms with Crippen LogP contribution in [0.5, 0.6) is 5.75 Å². The van der Waals surface area contributed by atoms with Crippen LogP contribution in [-0.2, 0) is 4.79 Å². The first-order valence-corrected chi connectivity index (χ1v) is 5.82. The lowest BCUT2D eigenvalue weighted by atomic mass is 10.2. The minimum absolute atomic E-state index is 0.0224. The Morgan fingerprint density at radius 2 is 2.22 bits per heavy atom. The molecule has 0 heterocycles. The summed E-state index contributed by atoms with van der Waals surface area (Å²) in [5.74, 6) is 0.210. The number of methoxy groups -OCH3 is 1. The fourth-order valence-electron chi connectivity index (χ4n) is 1.33. The number of hydrogen-bond acceptors (Lipinski definition) is 2. The van der Waals surface area contributed by atoms with Crippen molar-refractivity contribution in [2.24, 2.45) is 5.92 Å². The third-order valence-electron chi connectivity index (χ3n) is 2.42. The van der Waals surface area contributed by atoms with E-state index in [9.17, 15) is 9.18 Å². The Bertz CT molecular complexity index is 441. The largest absolute Gasteiger partial charge is 0.497 e. The van der Waals surface area contributed by atoms with Gasteiger partial charge in [0.05, 0.1) is 7.11 Å². The van der Waals surface area contributed by atoms with Gasteiger partial charge in [0.1, 0.15) is 11.6 Å². The number of halogens is 1. The van der Waals surface area contributed by atoms with E-state index in [1.54, 1.807) is 24.3 Å². The molecule has 0 saturated heterocycles. The van der Waals surface area contributed by atoms with Crippen LogP contribution in [0.2, 0.25) is 0 Å². The van der Waals surface area contributed by atoms with Crippen LogP contribution in [-0.4, -0.2) is 19.6 Å². The van der Waals surface area contributed by atoms with Gasteiger partial charge in [-0.15, -0.1) is 0 Å². The average Bonchev–Trinajstić information content (AvgIpc) is 2.36. The van der Waals surface area contributed by atoms with Gasteiger partial charge in [0, 0.05) is 18.0 Å². The molecule has 1 aromatic rings. The first kappa shape index (κ1) is 14.2. The molecule has 0 aliphatic carbocycles. The zero-order valence-electron chi connectivity index (χ0n) is 10.9. The first-order valence-electron chi connectivity index (χ1n) is 5.82. The Kier molecular flexibility index (Phi) is 5.36. The molecule has 0 aromatic heterocycles. The second-order valence-electron chi connectivity index (χ2n) is 4.19. The summed E-state index contributed by atoms with van der Waals surface area (Å²) in [7, 11) is 1.53. The summed E-state index contributed by atoms with van der Waals surface area (Å²) in [6, 6.07) is 4.52. The maximum Gasteiger partial charge on any atom is 0.222 e. The molecule has 1 N–H and O–H groups in total. The van der Waals surface area contributed by atoms with Gasteiger partial charge in [-0.2, -0.15) is 0 Å². The number of rotatable bonds is 5. The number of carbonyl (C=O) groups is 1. The van der Waals surface area contributed by atoms with Gasteiger partial charge >= 0.3 is 0 Å². The molecule has 3 nitrogen and oxygen atoms in total. The highest BCUT2D eigenvalue weighted by Crippen LogP contribution is 2.17. The summed E-state index contributed by atoms with van der Waals surface area (Å²) < 4.78 is 18.4. The highest BCUT2D eigenvalue weighted by atomic mass is 19.1. The van der Waals surface area contributed by atoms with Crippen LogP contribution in [0.1, 0.15) is 19.4 Å². The molecular weight excluding hydrogens is 233 g/mol. The molecular formula is C14H18FNO2. The maximum absolute atomic E-state index is 13.4. The minimum Gasteiger partial charge on any atom is -0.497 e. The second kappa shape index (κ2) is 6.79. The van der Waals surface area contributed by atoms with E-state index in [0.29, 0.717) is 17.9 Å². The Morgan fingerprint density at radius 1 is 1.50 bits per heavy atom. The van der Waals surface area contributed by atoms with Crippen LogP contribution in [0, 0.1) is 11.7 Å². The first-order chi connectivity index (χ1) is 8.54. The summed E-state index contributed by atoms with van der Waals surface area (Å²) >= 11 is 0. The number of hydrogen-bond donors (Lipinski definition) is 1. The molecule has 0 radical (unpaired) electrons. The van der Waals surface area contributed by atoms with Crippen LogP contribution in [0.15, 0.2) is 24.3 Å². The molecule has 0 aliphatic heterocycles. The van der Waals surface area contributed by atoms with Crippen LogP contribution >= 0.6 is 0 Å². The van der Waals surface area contributed by atoms with Gasteiger partial charge in [-0.3, -0.25) is 4.79 Å². The standard InChI is InChI=1S/C14H18FNO2/c1-10(2)14(17)16-8-4-5-11-9-12(18-3)6-7-13(11)15/h4-7,9-10H,8H2,1-3H3,(H,16,17)/b5-4-. The van der Waals surface area contributed by atoms with Crippen LogP contribution in [0.3, 0.4) is 0 Å². The van der Waals surface area contributed by atoms with E-state index in [1.807, 2.05) is 13.8 Å². The summed E-state index contributed by atoms with van der Waals surface area (Å²) in [6.45, 7) is 4.02. The predicted molar refractivity (Wildman–Crippen MR) is 69.8 cm³/mol. The lowest BCUT2D eigenvalue weighted by Gasteiger charge is -2.05. The van der Waals surface area contributed by atoms with Gasteiger partial charge in [-0.1, -0.05) is 26.0 Å². The molecule has 98 valence electrons. The van der Waals surface area contributed by atoms with Crippen molar-refractivity contribution < 1.29 is 13.9 Å². The van der Waals surface area contributed by atoms with Crippen LogP contribution < -0.4 is 10.1 Å². The summed E-state index contributed by atoms with van der Waals surface area (Å²) in [4.78, 5) is 11.3. The SMILES string of the molecule is COc1ccc(F)c(/C=C\CNC(=O)C(C)C)c1. The molecule has 0 fully saturated rings. The van der Waals surface area contributed by atoms with Crippen LogP contribution in [0.4, 0.5) is 4.39 Å². The van der Waals surface area contributed by atoms with Crippen molar-refractivity contribution in [3.63, 3.8) is 0 Å². The molecule has 0 aliphatic rings. The molecule has 1 amide bonds. The van der Waals surface area contributed by atoms with Gasteiger partial charge in [0.2, 0.25) is 5.91 Å². The Morgan fingerprint density at radius 3 is 2.83 bits per heavy atom. The highest BCUT2D eigenvalue weighted by molar-refractivity contribution is 5.78. The zero-order valence-corrected chi connectivity index (χ0v) is 10.9. The van der Waals surface area contributed by atoms with Gasteiger partial charge in [0.25, 0.3) is 0 Å². The van der Waals surface area contributed by atoms with Crippen molar-refractivity contribution in [1.82, 2.24) is 5.32 Å². The van der Waals surface area contributed by atoms with E-state index in [2.05, 4.69) is 5.32 Å². The summed E-state index contributed by atoms with van der Waals surface area (Å²) in [5, 5.41) is 2.72. The number of ether oxygens (including phenoxy) is 1. The van der Waals surface area contributed by atoms with Crippen LogP contribution in [0.25, 0.3) is 6.08 Å². The van der Waals surface area contributed by atoms with E-state index < -0.39 is 0 Å². The van der Waals surface area contributed by atoms with Crippen molar-refractivity contribution in [3.8, 4) is 5.75 Å². The normalized spacial score (nSPS) is 10.9. The summed E-state index contributed by atoms with van der Waals surface area (Å²) in [6.07, 6.45) is 3.33. The van der Waals surface area contributed by atoms with E-state index in [4.69, 9.17) is 4.74 Å². The predicted octanol–water partition coefficient (Wildman–Crippen LogP) is 2.62. The smallest absolute Gasteiger partial charge is 0.222 e. The Labute approximate surface area is 107 Å².